The first-order chi connectivity index (χ1) is 6.89. The zero-order chi connectivity index (χ0) is 11.9. The van der Waals surface area contributed by atoms with Crippen molar-refractivity contribution in [1.29, 1.82) is 0 Å². The van der Waals surface area contributed by atoms with Crippen molar-refractivity contribution in [2.24, 2.45) is 0 Å². The van der Waals surface area contributed by atoms with Crippen LogP contribution in [0.4, 0.5) is 0 Å². The standard InChI is InChI=1S/C8H15Cl3O3S/c9-6-4-2-1-3-5-7(10)8(11)15(12,13)14/h7-8H,1-6H2,(H,12,13,14). The number of hydrogen-bond acceptors (Lipinski definition) is 2. The molecule has 0 bridgehead atoms. The number of unbranched alkanes of at least 4 members (excludes halogenated alkanes) is 3. The summed E-state index contributed by atoms with van der Waals surface area (Å²) in [7, 11) is -4.24. The predicted molar refractivity (Wildman–Crippen MR) is 64.6 cm³/mol. The lowest BCUT2D eigenvalue weighted by Gasteiger charge is -2.12. The number of halogens is 3. The highest BCUT2D eigenvalue weighted by Gasteiger charge is 2.27. The zero-order valence-corrected chi connectivity index (χ0v) is 11.3. The van der Waals surface area contributed by atoms with Crippen molar-refractivity contribution in [3.63, 3.8) is 0 Å². The molecule has 2 unspecified atom stereocenters. The van der Waals surface area contributed by atoms with Crippen molar-refractivity contribution in [2.45, 2.75) is 42.2 Å². The van der Waals surface area contributed by atoms with Crippen LogP contribution < -0.4 is 0 Å². The molecule has 15 heavy (non-hydrogen) atoms. The minimum absolute atomic E-state index is 0.470. The van der Waals surface area contributed by atoms with Crippen LogP contribution in [0.5, 0.6) is 0 Å². The lowest BCUT2D eigenvalue weighted by atomic mass is 10.1. The van der Waals surface area contributed by atoms with Crippen LogP contribution in [0.15, 0.2) is 0 Å². The van der Waals surface area contributed by atoms with Crippen LogP contribution in [0, 0.1) is 0 Å². The Morgan fingerprint density at radius 1 is 1.07 bits per heavy atom. The van der Waals surface area contributed by atoms with Gasteiger partial charge in [0.15, 0.2) is 4.71 Å². The van der Waals surface area contributed by atoms with Crippen molar-refractivity contribution in [1.82, 2.24) is 0 Å². The molecule has 0 aliphatic heterocycles. The molecular formula is C8H15Cl3O3S. The molecule has 7 heteroatoms. The maximum atomic E-state index is 10.6. The van der Waals surface area contributed by atoms with Gasteiger partial charge in [-0.25, -0.2) is 0 Å². The Hall–Kier alpha value is 0.780. The van der Waals surface area contributed by atoms with Gasteiger partial charge in [-0.3, -0.25) is 4.55 Å². The Morgan fingerprint density at radius 2 is 1.60 bits per heavy atom. The van der Waals surface area contributed by atoms with E-state index in [4.69, 9.17) is 39.4 Å². The van der Waals surface area contributed by atoms with E-state index in [1.165, 1.54) is 0 Å². The molecule has 2 atom stereocenters. The van der Waals surface area contributed by atoms with Gasteiger partial charge in [0.25, 0.3) is 10.1 Å². The summed E-state index contributed by atoms with van der Waals surface area (Å²) in [5, 5.41) is -0.752. The number of hydrogen-bond donors (Lipinski definition) is 1. The first-order valence-electron chi connectivity index (χ1n) is 4.70. The monoisotopic (exact) mass is 296 g/mol. The number of rotatable bonds is 8. The van der Waals surface area contributed by atoms with E-state index in [0.29, 0.717) is 12.3 Å². The largest absolute Gasteiger partial charge is 0.284 e. The van der Waals surface area contributed by atoms with E-state index in [0.717, 1.165) is 25.7 Å². The van der Waals surface area contributed by atoms with Gasteiger partial charge in [-0.05, 0) is 12.8 Å². The normalized spacial score (nSPS) is 16.3. The Kier molecular flexibility index (Phi) is 8.37. The van der Waals surface area contributed by atoms with Crippen LogP contribution in [0.25, 0.3) is 0 Å². The fourth-order valence-corrected chi connectivity index (χ4v) is 2.47. The van der Waals surface area contributed by atoms with Gasteiger partial charge in [0.2, 0.25) is 0 Å². The molecule has 0 fully saturated rings. The molecule has 0 aromatic heterocycles. The summed E-state index contributed by atoms with van der Waals surface area (Å²) < 4.78 is 28.5. The molecule has 0 amide bonds. The predicted octanol–water partition coefficient (Wildman–Crippen LogP) is 3.24. The van der Waals surface area contributed by atoms with Gasteiger partial charge in [-0.15, -0.1) is 34.8 Å². The Balaban J connectivity index is 3.70. The summed E-state index contributed by atoms with van der Waals surface area (Å²) in [5.74, 6) is 0.632. The van der Waals surface area contributed by atoms with Crippen LogP contribution in [-0.2, 0) is 10.1 Å². The van der Waals surface area contributed by atoms with Gasteiger partial charge in [0.05, 0.1) is 5.38 Å². The zero-order valence-electron chi connectivity index (χ0n) is 8.20. The van der Waals surface area contributed by atoms with Crippen molar-refractivity contribution in [3.8, 4) is 0 Å². The van der Waals surface area contributed by atoms with E-state index in [2.05, 4.69) is 0 Å². The molecule has 0 saturated carbocycles. The molecule has 0 aliphatic rings. The molecule has 0 saturated heterocycles. The number of alkyl halides is 3. The van der Waals surface area contributed by atoms with Gasteiger partial charge in [0, 0.05) is 5.88 Å². The molecule has 0 spiro atoms. The Bertz CT molecular complexity index is 256. The van der Waals surface area contributed by atoms with Crippen LogP contribution in [-0.4, -0.2) is 28.9 Å². The quantitative estimate of drug-likeness (QED) is 0.425. The van der Waals surface area contributed by atoms with Crippen LogP contribution in [0.1, 0.15) is 32.1 Å². The highest BCUT2D eigenvalue weighted by molar-refractivity contribution is 7.87. The van der Waals surface area contributed by atoms with Crippen molar-refractivity contribution in [3.05, 3.63) is 0 Å². The second-order valence-electron chi connectivity index (χ2n) is 3.27. The third kappa shape index (κ3) is 7.64. The molecule has 1 N–H and O–H groups in total. The third-order valence-corrected chi connectivity index (χ3v) is 4.83. The van der Waals surface area contributed by atoms with Crippen LogP contribution in [0.3, 0.4) is 0 Å². The van der Waals surface area contributed by atoms with Crippen molar-refractivity contribution < 1.29 is 13.0 Å². The first-order valence-corrected chi connectivity index (χ1v) is 7.61. The van der Waals surface area contributed by atoms with Gasteiger partial charge < -0.3 is 0 Å². The molecule has 0 aliphatic carbocycles. The SMILES string of the molecule is O=S(=O)(O)C(Cl)C(Cl)CCCCCCCl. The van der Waals surface area contributed by atoms with E-state index in [1.54, 1.807) is 0 Å². The van der Waals surface area contributed by atoms with E-state index in [-0.39, 0.29) is 0 Å². The van der Waals surface area contributed by atoms with Crippen molar-refractivity contribution >= 4 is 44.9 Å². The average Bonchev–Trinajstić information content (AvgIpc) is 2.14. The van der Waals surface area contributed by atoms with Gasteiger partial charge in [-0.1, -0.05) is 19.3 Å². The second-order valence-corrected chi connectivity index (χ2v) is 6.48. The molecule has 0 aromatic carbocycles. The van der Waals surface area contributed by atoms with Crippen LogP contribution >= 0.6 is 34.8 Å². The summed E-state index contributed by atoms with van der Waals surface area (Å²) >= 11 is 16.7. The molecule has 0 radical (unpaired) electrons. The van der Waals surface area contributed by atoms with E-state index in [9.17, 15) is 8.42 Å². The third-order valence-electron chi connectivity index (χ3n) is 1.93. The minimum Gasteiger partial charge on any atom is -0.284 e. The van der Waals surface area contributed by atoms with Crippen LogP contribution in [0.2, 0.25) is 0 Å². The molecular weight excluding hydrogens is 283 g/mol. The molecule has 92 valence electrons. The van der Waals surface area contributed by atoms with E-state index >= 15 is 0 Å². The molecule has 0 rings (SSSR count). The maximum absolute atomic E-state index is 10.6. The minimum atomic E-state index is -4.24. The summed E-state index contributed by atoms with van der Waals surface area (Å²) in [6, 6.07) is 0. The Morgan fingerprint density at radius 3 is 2.07 bits per heavy atom. The smallest absolute Gasteiger partial charge is 0.283 e. The fourth-order valence-electron chi connectivity index (χ4n) is 1.11. The second kappa shape index (κ2) is 7.96. The molecule has 3 nitrogen and oxygen atoms in total. The summed E-state index contributed by atoms with van der Waals surface area (Å²) in [6.45, 7) is 0. The first kappa shape index (κ1) is 15.8. The lowest BCUT2D eigenvalue weighted by Crippen LogP contribution is -2.24. The van der Waals surface area contributed by atoms with Gasteiger partial charge in [0.1, 0.15) is 0 Å². The highest BCUT2D eigenvalue weighted by Crippen LogP contribution is 2.21. The average molecular weight is 298 g/mol. The fraction of sp³-hybridized carbons (Fsp3) is 1.00. The van der Waals surface area contributed by atoms with E-state index < -0.39 is 20.2 Å². The summed E-state index contributed by atoms with van der Waals surface area (Å²) in [6.07, 6.45) is 4.12. The van der Waals surface area contributed by atoms with Crippen molar-refractivity contribution in [2.75, 3.05) is 5.88 Å². The molecule has 0 heterocycles. The topological polar surface area (TPSA) is 54.4 Å². The highest BCUT2D eigenvalue weighted by atomic mass is 35.5. The van der Waals surface area contributed by atoms with Gasteiger partial charge >= 0.3 is 0 Å². The van der Waals surface area contributed by atoms with Gasteiger partial charge in [-0.2, -0.15) is 8.42 Å². The van der Waals surface area contributed by atoms with E-state index in [1.807, 2.05) is 0 Å². The molecule has 0 aromatic rings. The summed E-state index contributed by atoms with van der Waals surface area (Å²) in [4.78, 5) is 0. The lowest BCUT2D eigenvalue weighted by molar-refractivity contribution is 0.474. The Labute approximate surface area is 106 Å². The summed E-state index contributed by atoms with van der Waals surface area (Å²) in [5.41, 5.74) is 0. The maximum Gasteiger partial charge on any atom is 0.283 e.